The molecule has 0 atom stereocenters. The van der Waals surface area contributed by atoms with Crippen molar-refractivity contribution >= 4 is 30.7 Å². The molecule has 3 rings (SSSR count). The Morgan fingerprint density at radius 3 is 2.66 bits per heavy atom. The van der Waals surface area contributed by atoms with Gasteiger partial charge >= 0.3 is 0 Å². The molecular formula is C20H27Cl2F2N3O2. The van der Waals surface area contributed by atoms with Crippen LogP contribution in [0.25, 0.3) is 11.3 Å². The van der Waals surface area contributed by atoms with Gasteiger partial charge in [-0.1, -0.05) is 6.92 Å². The highest BCUT2D eigenvalue weighted by atomic mass is 35.5. The quantitative estimate of drug-likeness (QED) is 0.680. The van der Waals surface area contributed by atoms with Crippen molar-refractivity contribution in [3.8, 4) is 11.3 Å². The zero-order valence-electron chi connectivity index (χ0n) is 16.3. The molecule has 0 saturated carbocycles. The van der Waals surface area contributed by atoms with Crippen LogP contribution in [0.3, 0.4) is 0 Å². The van der Waals surface area contributed by atoms with E-state index in [1.165, 1.54) is 18.3 Å². The second kappa shape index (κ2) is 12.1. The molecule has 1 N–H and O–H groups in total. The van der Waals surface area contributed by atoms with E-state index < -0.39 is 11.6 Å². The number of rotatable bonds is 7. The Morgan fingerprint density at radius 1 is 1.28 bits per heavy atom. The first-order chi connectivity index (χ1) is 13.1. The van der Waals surface area contributed by atoms with Crippen LogP contribution in [-0.4, -0.2) is 41.5 Å². The Kier molecular flexibility index (Phi) is 10.6. The Balaban J connectivity index is 0.00000210. The number of benzene rings is 1. The molecule has 0 radical (unpaired) electrons. The normalized spacial score (nSPS) is 14.0. The number of piperidine rings is 1. The third-order valence-corrected chi connectivity index (χ3v) is 4.84. The molecule has 29 heavy (non-hydrogen) atoms. The van der Waals surface area contributed by atoms with Crippen molar-refractivity contribution in [2.24, 2.45) is 0 Å². The highest BCUT2D eigenvalue weighted by Gasteiger charge is 2.24. The number of carbonyl (C=O) groups is 1. The summed E-state index contributed by atoms with van der Waals surface area (Å²) in [5.74, 6) is -0.636. The molecule has 0 unspecified atom stereocenters. The summed E-state index contributed by atoms with van der Waals surface area (Å²) in [6.07, 6.45) is 4.93. The topological polar surface area (TPSA) is 58.4 Å². The van der Waals surface area contributed by atoms with Crippen LogP contribution in [0.15, 0.2) is 28.8 Å². The average Bonchev–Trinajstić information content (AvgIpc) is 3.13. The van der Waals surface area contributed by atoms with Crippen LogP contribution in [0.4, 0.5) is 8.78 Å². The molecule has 1 fully saturated rings. The number of hydrogen-bond donors (Lipinski definition) is 1. The van der Waals surface area contributed by atoms with Gasteiger partial charge in [0.25, 0.3) is 0 Å². The van der Waals surface area contributed by atoms with Crippen molar-refractivity contribution in [3.63, 3.8) is 0 Å². The van der Waals surface area contributed by atoms with Gasteiger partial charge in [0.05, 0.1) is 11.8 Å². The maximum atomic E-state index is 13.9. The van der Waals surface area contributed by atoms with Crippen LogP contribution < -0.4 is 5.32 Å². The number of carbonyl (C=O) groups excluding carboxylic acids is 1. The largest absolute Gasteiger partial charge is 0.441 e. The Hall–Kier alpha value is -1.70. The van der Waals surface area contributed by atoms with Gasteiger partial charge in [0.15, 0.2) is 11.7 Å². The number of aryl methyl sites for hydroxylation is 1. The molecule has 1 aromatic carbocycles. The van der Waals surface area contributed by atoms with Crippen LogP contribution in [0.2, 0.25) is 0 Å². The smallest absolute Gasteiger partial charge is 0.223 e. The van der Waals surface area contributed by atoms with E-state index in [9.17, 15) is 13.6 Å². The molecule has 1 aliphatic heterocycles. The van der Waals surface area contributed by atoms with Crippen molar-refractivity contribution in [3.05, 3.63) is 41.9 Å². The summed E-state index contributed by atoms with van der Waals surface area (Å²) >= 11 is 0. The lowest BCUT2D eigenvalue weighted by Gasteiger charge is -2.34. The number of oxazole rings is 1. The lowest BCUT2D eigenvalue weighted by atomic mass is 10.0. The highest BCUT2D eigenvalue weighted by molar-refractivity contribution is 5.85. The number of aromatic nitrogens is 1. The van der Waals surface area contributed by atoms with Crippen LogP contribution in [0.5, 0.6) is 0 Å². The Bertz CT molecular complexity index is 783. The maximum Gasteiger partial charge on any atom is 0.223 e. The predicted molar refractivity (Wildman–Crippen MR) is 113 cm³/mol. The lowest BCUT2D eigenvalue weighted by molar-refractivity contribution is -0.134. The molecule has 1 saturated heterocycles. The SMILES string of the molecule is CCCN(C(=O)CCc1ncc(-c2ccc(F)cc2F)o1)C1CCNCC1.Cl.Cl. The fraction of sp³-hybridized carbons (Fsp3) is 0.500. The molecular weight excluding hydrogens is 423 g/mol. The second-order valence-electron chi connectivity index (χ2n) is 6.81. The van der Waals surface area contributed by atoms with Gasteiger partial charge in [0.2, 0.25) is 5.91 Å². The molecule has 5 nitrogen and oxygen atoms in total. The zero-order chi connectivity index (χ0) is 19.2. The van der Waals surface area contributed by atoms with Crippen LogP contribution in [-0.2, 0) is 11.2 Å². The van der Waals surface area contributed by atoms with Gasteiger partial charge in [0, 0.05) is 31.5 Å². The van der Waals surface area contributed by atoms with E-state index in [1.807, 2.05) is 4.90 Å². The summed E-state index contributed by atoms with van der Waals surface area (Å²) in [5.41, 5.74) is 0.156. The van der Waals surface area contributed by atoms with Crippen molar-refractivity contribution in [2.45, 2.75) is 45.1 Å². The van der Waals surface area contributed by atoms with E-state index in [0.717, 1.165) is 45.0 Å². The molecule has 0 bridgehead atoms. The summed E-state index contributed by atoms with van der Waals surface area (Å²) in [7, 11) is 0. The van der Waals surface area contributed by atoms with Crippen LogP contribution in [0, 0.1) is 11.6 Å². The average molecular weight is 450 g/mol. The van der Waals surface area contributed by atoms with Gasteiger partial charge in [-0.2, -0.15) is 0 Å². The summed E-state index contributed by atoms with van der Waals surface area (Å²) in [5, 5.41) is 3.32. The second-order valence-corrected chi connectivity index (χ2v) is 6.81. The van der Waals surface area contributed by atoms with E-state index in [0.29, 0.717) is 18.7 Å². The van der Waals surface area contributed by atoms with Crippen LogP contribution in [0.1, 0.15) is 38.5 Å². The number of hydrogen-bond acceptors (Lipinski definition) is 4. The number of nitrogens with one attached hydrogen (secondary N) is 1. The third-order valence-electron chi connectivity index (χ3n) is 4.84. The maximum absolute atomic E-state index is 13.9. The first-order valence-corrected chi connectivity index (χ1v) is 9.48. The van der Waals surface area contributed by atoms with Crippen LogP contribution >= 0.6 is 24.8 Å². The van der Waals surface area contributed by atoms with Gasteiger partial charge in [-0.05, 0) is 44.5 Å². The number of amides is 1. The van der Waals surface area contributed by atoms with Crippen molar-refractivity contribution in [2.75, 3.05) is 19.6 Å². The summed E-state index contributed by atoms with van der Waals surface area (Å²) < 4.78 is 32.5. The molecule has 0 aliphatic carbocycles. The molecule has 1 amide bonds. The number of halogens is 4. The predicted octanol–water partition coefficient (Wildman–Crippen LogP) is 4.39. The van der Waals surface area contributed by atoms with Gasteiger partial charge in [-0.3, -0.25) is 4.79 Å². The van der Waals surface area contributed by atoms with Gasteiger partial charge in [-0.25, -0.2) is 13.8 Å². The first-order valence-electron chi connectivity index (χ1n) is 9.48. The molecule has 1 aromatic heterocycles. The fourth-order valence-corrected chi connectivity index (χ4v) is 3.47. The summed E-state index contributed by atoms with van der Waals surface area (Å²) in [4.78, 5) is 18.8. The van der Waals surface area contributed by atoms with E-state index in [4.69, 9.17) is 4.42 Å². The Morgan fingerprint density at radius 2 is 2.00 bits per heavy atom. The molecule has 0 spiro atoms. The van der Waals surface area contributed by atoms with E-state index in [-0.39, 0.29) is 48.1 Å². The van der Waals surface area contributed by atoms with Crippen molar-refractivity contribution in [1.29, 1.82) is 0 Å². The highest BCUT2D eigenvalue weighted by Crippen LogP contribution is 2.25. The van der Waals surface area contributed by atoms with Crippen molar-refractivity contribution in [1.82, 2.24) is 15.2 Å². The minimum Gasteiger partial charge on any atom is -0.441 e. The van der Waals surface area contributed by atoms with Gasteiger partial charge in [0.1, 0.15) is 11.6 Å². The number of nitrogens with zero attached hydrogens (tertiary/aromatic N) is 2. The summed E-state index contributed by atoms with van der Waals surface area (Å²) in [6.45, 7) is 4.69. The molecule has 2 heterocycles. The Labute approximate surface area is 182 Å². The minimum absolute atomic E-state index is 0. The van der Waals surface area contributed by atoms with Gasteiger partial charge in [-0.15, -0.1) is 24.8 Å². The van der Waals surface area contributed by atoms with E-state index in [1.54, 1.807) is 0 Å². The molecule has 1 aliphatic rings. The summed E-state index contributed by atoms with van der Waals surface area (Å²) in [6, 6.07) is 3.58. The van der Waals surface area contributed by atoms with E-state index >= 15 is 0 Å². The third kappa shape index (κ3) is 6.66. The molecule has 9 heteroatoms. The van der Waals surface area contributed by atoms with E-state index in [2.05, 4.69) is 17.2 Å². The molecule has 162 valence electrons. The van der Waals surface area contributed by atoms with Gasteiger partial charge < -0.3 is 14.6 Å². The standard InChI is InChI=1S/C20H25F2N3O2.2ClH/c1-2-11-25(15-7-9-23-10-8-15)20(26)6-5-19-24-13-18(27-19)16-4-3-14(21)12-17(16)22;;/h3-4,12-13,15,23H,2,5-11H2,1H3;2*1H. The first kappa shape index (κ1) is 25.3. The fourth-order valence-electron chi connectivity index (χ4n) is 3.47. The minimum atomic E-state index is -0.700. The van der Waals surface area contributed by atoms with Crippen molar-refractivity contribution < 1.29 is 18.0 Å². The lowest BCUT2D eigenvalue weighted by Crippen LogP contribution is -2.46. The monoisotopic (exact) mass is 449 g/mol. The molecule has 2 aromatic rings. The zero-order valence-corrected chi connectivity index (χ0v) is 18.0.